The van der Waals surface area contributed by atoms with Crippen molar-refractivity contribution in [2.24, 2.45) is 0 Å². The van der Waals surface area contributed by atoms with Crippen molar-refractivity contribution in [2.45, 2.75) is 72.8 Å². The molecule has 0 bridgehead atoms. The molecule has 0 aliphatic carbocycles. The summed E-state index contributed by atoms with van der Waals surface area (Å²) in [6.45, 7) is 11.5. The molecule has 25 heavy (non-hydrogen) atoms. The van der Waals surface area contributed by atoms with Gasteiger partial charge in [-0.3, -0.25) is 4.79 Å². The maximum atomic E-state index is 12.8. The molecule has 1 aromatic carbocycles. The second-order valence-electron chi connectivity index (χ2n) is 6.74. The molecule has 0 aromatic heterocycles. The summed E-state index contributed by atoms with van der Waals surface area (Å²) >= 11 is 0. The van der Waals surface area contributed by atoms with Gasteiger partial charge in [0.2, 0.25) is 0 Å². The molecule has 0 fully saturated rings. The number of rotatable bonds is 10. The van der Waals surface area contributed by atoms with Crippen LogP contribution in [-0.4, -0.2) is 36.0 Å². The molecule has 4 nitrogen and oxygen atoms in total. The average Bonchev–Trinajstić information content (AvgIpc) is 2.58. The topological polar surface area (TPSA) is 46.6 Å². The van der Waals surface area contributed by atoms with Crippen molar-refractivity contribution >= 4 is 11.9 Å². The fourth-order valence-electron chi connectivity index (χ4n) is 2.86. The quantitative estimate of drug-likeness (QED) is 0.560. The third-order valence-corrected chi connectivity index (χ3v) is 4.11. The number of carbonyl (C=O) groups is 2. The van der Waals surface area contributed by atoms with Crippen LogP contribution < -0.4 is 0 Å². The Balaban J connectivity index is 2.94. The normalized spacial score (nSPS) is 11.9. The predicted octanol–water partition coefficient (Wildman–Crippen LogP) is 4.99. The van der Waals surface area contributed by atoms with Gasteiger partial charge < -0.3 is 9.64 Å². The van der Waals surface area contributed by atoms with Crippen LogP contribution in [-0.2, 0) is 4.74 Å². The number of hydrogen-bond acceptors (Lipinski definition) is 3. The standard InChI is InChI=1S/C21H33NO3/c1-6-9-10-17(5)25-21(24)19-14-16(4)13-18(15-19)20(23)22(11-7-2)12-8-3/h13-15,17H,6-12H2,1-5H3. The summed E-state index contributed by atoms with van der Waals surface area (Å²) in [4.78, 5) is 27.1. The van der Waals surface area contributed by atoms with Crippen LogP contribution in [0.4, 0.5) is 0 Å². The average molecular weight is 347 g/mol. The molecular formula is C21H33NO3. The Morgan fingerprint density at radius 3 is 2.16 bits per heavy atom. The summed E-state index contributed by atoms with van der Waals surface area (Å²) in [5.74, 6) is -0.362. The summed E-state index contributed by atoms with van der Waals surface area (Å²) < 4.78 is 5.52. The first kappa shape index (κ1) is 21.2. The Hall–Kier alpha value is -1.84. The molecular weight excluding hydrogens is 314 g/mol. The first-order valence-electron chi connectivity index (χ1n) is 9.54. The van der Waals surface area contributed by atoms with Crippen LogP contribution >= 0.6 is 0 Å². The summed E-state index contributed by atoms with van der Waals surface area (Å²) in [5, 5.41) is 0. The summed E-state index contributed by atoms with van der Waals surface area (Å²) in [6, 6.07) is 5.30. The molecule has 4 heteroatoms. The van der Waals surface area contributed by atoms with Crippen molar-refractivity contribution in [3.63, 3.8) is 0 Å². The molecule has 140 valence electrons. The van der Waals surface area contributed by atoms with Gasteiger partial charge in [-0.1, -0.05) is 33.6 Å². The number of amides is 1. The first-order valence-corrected chi connectivity index (χ1v) is 9.54. The molecule has 1 unspecified atom stereocenters. The smallest absolute Gasteiger partial charge is 0.338 e. The van der Waals surface area contributed by atoms with Gasteiger partial charge >= 0.3 is 5.97 Å². The van der Waals surface area contributed by atoms with Gasteiger partial charge in [-0.2, -0.15) is 0 Å². The number of unbranched alkanes of at least 4 members (excludes halogenated alkanes) is 1. The van der Waals surface area contributed by atoms with E-state index in [2.05, 4.69) is 20.8 Å². The summed E-state index contributed by atoms with van der Waals surface area (Å²) in [7, 11) is 0. The molecule has 0 saturated heterocycles. The fourth-order valence-corrected chi connectivity index (χ4v) is 2.86. The number of aryl methyl sites for hydroxylation is 1. The second kappa shape index (κ2) is 10.9. The molecule has 0 N–H and O–H groups in total. The van der Waals surface area contributed by atoms with E-state index in [-0.39, 0.29) is 18.0 Å². The number of esters is 1. The lowest BCUT2D eigenvalue weighted by Crippen LogP contribution is -2.32. The van der Waals surface area contributed by atoms with Gasteiger partial charge in [-0.05, 0) is 56.9 Å². The number of benzene rings is 1. The van der Waals surface area contributed by atoms with Crippen molar-refractivity contribution in [1.82, 2.24) is 4.90 Å². The molecule has 1 aromatic rings. The van der Waals surface area contributed by atoms with Gasteiger partial charge in [0, 0.05) is 18.7 Å². The lowest BCUT2D eigenvalue weighted by molar-refractivity contribution is 0.0320. The Labute approximate surface area is 152 Å². The van der Waals surface area contributed by atoms with E-state index in [1.165, 1.54) is 0 Å². The van der Waals surface area contributed by atoms with Gasteiger partial charge in [0.15, 0.2) is 0 Å². The number of hydrogen-bond donors (Lipinski definition) is 0. The first-order chi connectivity index (χ1) is 11.9. The van der Waals surface area contributed by atoms with Gasteiger partial charge in [-0.25, -0.2) is 4.79 Å². The maximum absolute atomic E-state index is 12.8. The third-order valence-electron chi connectivity index (χ3n) is 4.11. The van der Waals surface area contributed by atoms with E-state index in [9.17, 15) is 9.59 Å². The Morgan fingerprint density at radius 1 is 1.00 bits per heavy atom. The lowest BCUT2D eigenvalue weighted by Gasteiger charge is -2.22. The highest BCUT2D eigenvalue weighted by atomic mass is 16.5. The molecule has 0 spiro atoms. The van der Waals surface area contributed by atoms with Gasteiger partial charge in [0.25, 0.3) is 5.91 Å². The second-order valence-corrected chi connectivity index (χ2v) is 6.74. The van der Waals surface area contributed by atoms with E-state index in [0.717, 1.165) is 50.8 Å². The largest absolute Gasteiger partial charge is 0.459 e. The fraction of sp³-hybridized carbons (Fsp3) is 0.619. The molecule has 1 amide bonds. The SMILES string of the molecule is CCCCC(C)OC(=O)c1cc(C)cc(C(=O)N(CCC)CCC)c1. The zero-order valence-electron chi connectivity index (χ0n) is 16.4. The van der Waals surface area contributed by atoms with Gasteiger partial charge in [0.1, 0.15) is 0 Å². The minimum Gasteiger partial charge on any atom is -0.459 e. The number of carbonyl (C=O) groups excluding carboxylic acids is 2. The minimum absolute atomic E-state index is 0.0134. The van der Waals surface area contributed by atoms with Gasteiger partial charge in [-0.15, -0.1) is 0 Å². The molecule has 0 saturated carbocycles. The third kappa shape index (κ3) is 6.89. The van der Waals surface area contributed by atoms with E-state index < -0.39 is 0 Å². The molecule has 0 heterocycles. The van der Waals surface area contributed by atoms with Crippen molar-refractivity contribution in [3.05, 3.63) is 34.9 Å². The van der Waals surface area contributed by atoms with E-state index in [4.69, 9.17) is 4.74 Å². The van der Waals surface area contributed by atoms with E-state index in [1.807, 2.05) is 24.8 Å². The Bertz CT molecular complexity index is 562. The maximum Gasteiger partial charge on any atom is 0.338 e. The van der Waals surface area contributed by atoms with Crippen LogP contribution in [0.25, 0.3) is 0 Å². The van der Waals surface area contributed by atoms with Crippen LogP contribution in [0, 0.1) is 6.92 Å². The minimum atomic E-state index is -0.348. The molecule has 0 aliphatic heterocycles. The van der Waals surface area contributed by atoms with E-state index in [1.54, 1.807) is 12.1 Å². The van der Waals surface area contributed by atoms with E-state index in [0.29, 0.717) is 11.1 Å². The summed E-state index contributed by atoms with van der Waals surface area (Å²) in [5.41, 5.74) is 1.92. The molecule has 0 aliphatic rings. The zero-order chi connectivity index (χ0) is 18.8. The van der Waals surface area contributed by atoms with Crippen LogP contribution in [0.5, 0.6) is 0 Å². The Morgan fingerprint density at radius 2 is 1.60 bits per heavy atom. The highest BCUT2D eigenvalue weighted by Crippen LogP contribution is 2.16. The van der Waals surface area contributed by atoms with Crippen molar-refractivity contribution in [1.29, 1.82) is 0 Å². The highest BCUT2D eigenvalue weighted by molar-refractivity contribution is 5.98. The van der Waals surface area contributed by atoms with Crippen molar-refractivity contribution < 1.29 is 14.3 Å². The molecule has 0 radical (unpaired) electrons. The Kier molecular flexibility index (Phi) is 9.25. The van der Waals surface area contributed by atoms with Crippen LogP contribution in [0.1, 0.15) is 86.1 Å². The van der Waals surface area contributed by atoms with Gasteiger partial charge in [0.05, 0.1) is 11.7 Å². The zero-order valence-corrected chi connectivity index (χ0v) is 16.4. The predicted molar refractivity (Wildman–Crippen MR) is 102 cm³/mol. The molecule has 1 atom stereocenters. The lowest BCUT2D eigenvalue weighted by atomic mass is 10.0. The van der Waals surface area contributed by atoms with Crippen LogP contribution in [0.15, 0.2) is 18.2 Å². The van der Waals surface area contributed by atoms with Crippen LogP contribution in [0.2, 0.25) is 0 Å². The number of ether oxygens (including phenoxy) is 1. The molecule has 1 rings (SSSR count). The number of nitrogens with zero attached hydrogens (tertiary/aromatic N) is 1. The summed E-state index contributed by atoms with van der Waals surface area (Å²) in [6.07, 6.45) is 4.71. The highest BCUT2D eigenvalue weighted by Gasteiger charge is 2.18. The van der Waals surface area contributed by atoms with Crippen molar-refractivity contribution in [3.8, 4) is 0 Å². The monoisotopic (exact) mass is 347 g/mol. The van der Waals surface area contributed by atoms with Crippen molar-refractivity contribution in [2.75, 3.05) is 13.1 Å². The van der Waals surface area contributed by atoms with Crippen LogP contribution in [0.3, 0.4) is 0 Å². The van der Waals surface area contributed by atoms with E-state index >= 15 is 0 Å².